The highest BCUT2D eigenvalue weighted by atomic mass is 79.9. The molecule has 1 saturated heterocycles. The van der Waals surface area contributed by atoms with E-state index in [2.05, 4.69) is 33.1 Å². The number of rotatable bonds is 5. The van der Waals surface area contributed by atoms with Gasteiger partial charge >= 0.3 is 0 Å². The van der Waals surface area contributed by atoms with Crippen LogP contribution in [0.3, 0.4) is 0 Å². The maximum absolute atomic E-state index is 12.7. The number of halogens is 1. The Morgan fingerprint density at radius 1 is 1.26 bits per heavy atom. The van der Waals surface area contributed by atoms with Crippen LogP contribution < -0.4 is 9.64 Å². The second-order valence-electron chi connectivity index (χ2n) is 6.67. The molecule has 4 rings (SSSR count). The minimum atomic E-state index is 0.0406. The second kappa shape index (κ2) is 7.19. The summed E-state index contributed by atoms with van der Waals surface area (Å²) in [6.07, 6.45) is 0.449. The zero-order chi connectivity index (χ0) is 19.0. The van der Waals surface area contributed by atoms with Crippen molar-refractivity contribution in [2.75, 3.05) is 18.6 Å². The average Bonchev–Trinajstić information content (AvgIpc) is 3.22. The lowest BCUT2D eigenvalue weighted by molar-refractivity contribution is -0.117. The summed E-state index contributed by atoms with van der Waals surface area (Å²) in [5, 5.41) is 0. The highest BCUT2D eigenvalue weighted by Crippen LogP contribution is 2.34. The van der Waals surface area contributed by atoms with E-state index in [1.54, 1.807) is 7.11 Å². The van der Waals surface area contributed by atoms with Gasteiger partial charge in [0, 0.05) is 29.1 Å². The van der Waals surface area contributed by atoms with Crippen LogP contribution >= 0.6 is 15.9 Å². The Hall–Kier alpha value is -2.60. The molecule has 0 radical (unpaired) electrons. The SMILES string of the molecule is C=C(Br)Cn1c(C2CC(=O)N(c3ccc(OC)cc3)C2)nc2ccccc21. The van der Waals surface area contributed by atoms with Crippen LogP contribution in [0.2, 0.25) is 0 Å². The number of anilines is 1. The lowest BCUT2D eigenvalue weighted by Gasteiger charge is -2.17. The number of benzene rings is 2. The van der Waals surface area contributed by atoms with Gasteiger partial charge in [-0.2, -0.15) is 0 Å². The number of aromatic nitrogens is 2. The molecule has 1 unspecified atom stereocenters. The molecule has 0 bridgehead atoms. The third kappa shape index (κ3) is 3.37. The maximum atomic E-state index is 12.7. The second-order valence-corrected chi connectivity index (χ2v) is 7.79. The molecule has 2 aromatic carbocycles. The molecule has 5 nitrogen and oxygen atoms in total. The van der Waals surface area contributed by atoms with E-state index in [-0.39, 0.29) is 11.8 Å². The lowest BCUT2D eigenvalue weighted by atomic mass is 10.1. The monoisotopic (exact) mass is 425 g/mol. The number of fused-ring (bicyclic) bond motifs is 1. The van der Waals surface area contributed by atoms with Crippen molar-refractivity contribution in [1.29, 1.82) is 0 Å². The number of nitrogens with zero attached hydrogens (tertiary/aromatic N) is 3. The van der Waals surface area contributed by atoms with Crippen molar-refractivity contribution in [3.05, 3.63) is 65.4 Å². The summed E-state index contributed by atoms with van der Waals surface area (Å²) in [5.74, 6) is 1.86. The summed E-state index contributed by atoms with van der Waals surface area (Å²) in [6.45, 7) is 5.22. The first-order valence-corrected chi connectivity index (χ1v) is 9.59. The summed E-state index contributed by atoms with van der Waals surface area (Å²) in [7, 11) is 1.63. The highest BCUT2D eigenvalue weighted by Gasteiger charge is 2.34. The third-order valence-corrected chi connectivity index (χ3v) is 5.14. The highest BCUT2D eigenvalue weighted by molar-refractivity contribution is 9.11. The number of hydrogen-bond donors (Lipinski definition) is 0. The lowest BCUT2D eigenvalue weighted by Crippen LogP contribution is -2.24. The van der Waals surface area contributed by atoms with Crippen molar-refractivity contribution in [2.24, 2.45) is 0 Å². The van der Waals surface area contributed by atoms with Crippen LogP contribution in [0.25, 0.3) is 11.0 Å². The topological polar surface area (TPSA) is 47.4 Å². The smallest absolute Gasteiger partial charge is 0.227 e. The summed E-state index contributed by atoms with van der Waals surface area (Å²) in [4.78, 5) is 19.4. The van der Waals surface area contributed by atoms with E-state index >= 15 is 0 Å². The van der Waals surface area contributed by atoms with Crippen molar-refractivity contribution in [2.45, 2.75) is 18.9 Å². The molecule has 138 valence electrons. The Kier molecular flexibility index (Phi) is 4.74. The van der Waals surface area contributed by atoms with Crippen molar-refractivity contribution >= 4 is 38.6 Å². The number of imidazole rings is 1. The third-order valence-electron chi connectivity index (χ3n) is 4.89. The molecule has 1 amide bonds. The first-order chi connectivity index (χ1) is 13.1. The van der Waals surface area contributed by atoms with Gasteiger partial charge in [0.15, 0.2) is 0 Å². The first-order valence-electron chi connectivity index (χ1n) is 8.79. The summed E-state index contributed by atoms with van der Waals surface area (Å²) in [5.41, 5.74) is 2.89. The molecule has 1 aromatic heterocycles. The van der Waals surface area contributed by atoms with Crippen LogP contribution in [0, 0.1) is 0 Å². The van der Waals surface area contributed by atoms with Crippen LogP contribution in [0.4, 0.5) is 5.69 Å². The van der Waals surface area contributed by atoms with E-state index in [9.17, 15) is 4.79 Å². The fourth-order valence-electron chi connectivity index (χ4n) is 3.64. The fraction of sp³-hybridized carbons (Fsp3) is 0.238. The Bertz CT molecular complexity index is 1010. The zero-order valence-electron chi connectivity index (χ0n) is 15.1. The molecule has 6 heteroatoms. The Morgan fingerprint density at radius 3 is 2.70 bits per heavy atom. The van der Waals surface area contributed by atoms with Crippen LogP contribution in [-0.4, -0.2) is 29.1 Å². The predicted molar refractivity (Wildman–Crippen MR) is 111 cm³/mol. The standard InChI is InChI=1S/C21H20BrN3O2/c1-14(22)12-25-19-6-4-3-5-18(19)23-21(25)15-11-20(26)24(13-15)16-7-9-17(27-2)10-8-16/h3-10,15H,1,11-13H2,2H3. The van der Waals surface area contributed by atoms with Gasteiger partial charge in [0.05, 0.1) is 24.7 Å². The molecular formula is C21H20BrN3O2. The average molecular weight is 426 g/mol. The maximum Gasteiger partial charge on any atom is 0.227 e. The molecule has 0 N–H and O–H groups in total. The molecule has 0 spiro atoms. The normalized spacial score (nSPS) is 16.9. The Labute approximate surface area is 166 Å². The number of para-hydroxylation sites is 2. The van der Waals surface area contributed by atoms with E-state index < -0.39 is 0 Å². The van der Waals surface area contributed by atoms with Gasteiger partial charge in [0.25, 0.3) is 0 Å². The summed E-state index contributed by atoms with van der Waals surface area (Å²) >= 11 is 3.47. The molecule has 1 atom stereocenters. The van der Waals surface area contributed by atoms with Gasteiger partial charge in [-0.15, -0.1) is 0 Å². The number of allylic oxidation sites excluding steroid dienone is 1. The number of methoxy groups -OCH3 is 1. The molecule has 0 aliphatic carbocycles. The number of ether oxygens (including phenoxy) is 1. The van der Waals surface area contributed by atoms with Gasteiger partial charge in [0.1, 0.15) is 11.6 Å². The van der Waals surface area contributed by atoms with Crippen LogP contribution in [0.15, 0.2) is 59.6 Å². The van der Waals surface area contributed by atoms with Crippen LogP contribution in [0.1, 0.15) is 18.2 Å². The van der Waals surface area contributed by atoms with Crippen molar-refractivity contribution < 1.29 is 9.53 Å². The number of carbonyl (C=O) groups is 1. The zero-order valence-corrected chi connectivity index (χ0v) is 16.6. The van der Waals surface area contributed by atoms with Gasteiger partial charge in [0.2, 0.25) is 5.91 Å². The largest absolute Gasteiger partial charge is 0.497 e. The number of amides is 1. The number of hydrogen-bond acceptors (Lipinski definition) is 3. The van der Waals surface area contributed by atoms with Crippen molar-refractivity contribution in [3.8, 4) is 5.75 Å². The van der Waals surface area contributed by atoms with Gasteiger partial charge in [-0.05, 0) is 36.4 Å². The van der Waals surface area contributed by atoms with Crippen molar-refractivity contribution in [1.82, 2.24) is 9.55 Å². The van der Waals surface area contributed by atoms with Gasteiger partial charge in [-0.25, -0.2) is 4.98 Å². The minimum Gasteiger partial charge on any atom is -0.497 e. The molecule has 1 fully saturated rings. The van der Waals surface area contributed by atoms with E-state index in [1.165, 1.54) is 0 Å². The van der Waals surface area contributed by atoms with Crippen LogP contribution in [-0.2, 0) is 11.3 Å². The van der Waals surface area contributed by atoms with E-state index in [0.717, 1.165) is 32.8 Å². The molecule has 2 heterocycles. The van der Waals surface area contributed by atoms with Crippen LogP contribution in [0.5, 0.6) is 5.75 Å². The van der Waals surface area contributed by atoms with E-state index in [0.29, 0.717) is 19.5 Å². The summed E-state index contributed by atoms with van der Waals surface area (Å²) < 4.78 is 8.24. The van der Waals surface area contributed by atoms with Gasteiger partial charge in [-0.3, -0.25) is 4.79 Å². The fourth-order valence-corrected chi connectivity index (χ4v) is 3.89. The Morgan fingerprint density at radius 2 is 2.00 bits per heavy atom. The molecule has 0 saturated carbocycles. The number of carbonyl (C=O) groups excluding carboxylic acids is 1. The van der Waals surface area contributed by atoms with E-state index in [1.807, 2.05) is 47.4 Å². The van der Waals surface area contributed by atoms with Gasteiger partial charge < -0.3 is 14.2 Å². The molecular weight excluding hydrogens is 406 g/mol. The predicted octanol–water partition coefficient (Wildman–Crippen LogP) is 4.47. The molecule has 27 heavy (non-hydrogen) atoms. The molecule has 3 aromatic rings. The van der Waals surface area contributed by atoms with Crippen molar-refractivity contribution in [3.63, 3.8) is 0 Å². The van der Waals surface area contributed by atoms with Gasteiger partial charge in [-0.1, -0.05) is 34.6 Å². The molecule has 1 aliphatic rings. The Balaban J connectivity index is 1.68. The summed E-state index contributed by atoms with van der Waals surface area (Å²) in [6, 6.07) is 15.6. The molecule has 1 aliphatic heterocycles. The first kappa shape index (κ1) is 17.8. The minimum absolute atomic E-state index is 0.0406. The quantitative estimate of drug-likeness (QED) is 0.605. The van der Waals surface area contributed by atoms with E-state index in [4.69, 9.17) is 9.72 Å².